The molecule has 150 valence electrons. The van der Waals surface area contributed by atoms with Gasteiger partial charge in [-0.1, -0.05) is 41.4 Å². The van der Waals surface area contributed by atoms with Crippen LogP contribution in [-0.2, 0) is 11.3 Å². The highest BCUT2D eigenvalue weighted by atomic mass is 35.5. The van der Waals surface area contributed by atoms with Gasteiger partial charge >= 0.3 is 0 Å². The fourth-order valence-corrected chi connectivity index (χ4v) is 3.88. The van der Waals surface area contributed by atoms with Crippen molar-refractivity contribution in [2.45, 2.75) is 32.4 Å². The molecule has 1 heterocycles. The number of nitrogens with one attached hydrogen (secondary N) is 1. The smallest absolute Gasteiger partial charge is 0.223 e. The topological polar surface area (TPSA) is 41.6 Å². The average Bonchev–Trinajstić information content (AvgIpc) is 2.71. The fraction of sp³-hybridized carbons (Fsp3) is 0.409. The van der Waals surface area contributed by atoms with Crippen molar-refractivity contribution in [1.82, 2.24) is 10.2 Å². The van der Waals surface area contributed by atoms with Crippen LogP contribution < -0.4 is 10.1 Å². The maximum atomic E-state index is 12.7. The number of carbonyl (C=O) groups excluding carboxylic acids is 1. The molecule has 1 aliphatic heterocycles. The molecule has 1 N–H and O–H groups in total. The molecule has 2 aromatic carbocycles. The second-order valence-corrected chi connectivity index (χ2v) is 8.12. The van der Waals surface area contributed by atoms with Crippen molar-refractivity contribution in [3.05, 3.63) is 63.6 Å². The number of likely N-dealkylation sites (tertiary alicyclic amines) is 1. The molecule has 0 radical (unpaired) electrons. The average molecular weight is 421 g/mol. The van der Waals surface area contributed by atoms with E-state index in [1.165, 1.54) is 0 Å². The van der Waals surface area contributed by atoms with Gasteiger partial charge in [0.05, 0.1) is 23.2 Å². The predicted octanol–water partition coefficient (Wildman–Crippen LogP) is 5.09. The maximum Gasteiger partial charge on any atom is 0.223 e. The molecule has 1 fully saturated rings. The summed E-state index contributed by atoms with van der Waals surface area (Å²) in [5.74, 6) is 1.01. The summed E-state index contributed by atoms with van der Waals surface area (Å²) in [6.07, 6.45) is 1.73. The molecular formula is C22H26Cl2N2O2. The third kappa shape index (κ3) is 5.40. The first-order chi connectivity index (χ1) is 13.5. The van der Waals surface area contributed by atoms with Crippen molar-refractivity contribution in [3.63, 3.8) is 0 Å². The van der Waals surface area contributed by atoms with Crippen LogP contribution in [-0.4, -0.2) is 31.0 Å². The molecule has 0 unspecified atom stereocenters. The quantitative estimate of drug-likeness (QED) is 0.707. The molecular weight excluding hydrogens is 395 g/mol. The van der Waals surface area contributed by atoms with Gasteiger partial charge in [0.2, 0.25) is 5.91 Å². The number of ether oxygens (including phenoxy) is 1. The Morgan fingerprint density at radius 3 is 2.43 bits per heavy atom. The first kappa shape index (κ1) is 21.0. The van der Waals surface area contributed by atoms with Crippen LogP contribution in [0, 0.1) is 5.92 Å². The summed E-state index contributed by atoms with van der Waals surface area (Å²) in [5.41, 5.74) is 2.22. The molecule has 1 atom stereocenters. The van der Waals surface area contributed by atoms with Gasteiger partial charge in [0.15, 0.2) is 0 Å². The zero-order valence-electron chi connectivity index (χ0n) is 16.3. The van der Waals surface area contributed by atoms with Crippen molar-refractivity contribution < 1.29 is 9.53 Å². The minimum atomic E-state index is -0.0207. The van der Waals surface area contributed by atoms with Gasteiger partial charge < -0.3 is 10.1 Å². The number of hydrogen-bond acceptors (Lipinski definition) is 3. The Kier molecular flexibility index (Phi) is 7.22. The van der Waals surface area contributed by atoms with E-state index >= 15 is 0 Å². The van der Waals surface area contributed by atoms with Gasteiger partial charge in [-0.15, -0.1) is 0 Å². The summed E-state index contributed by atoms with van der Waals surface area (Å²) in [5, 5.41) is 4.31. The number of halogens is 2. The van der Waals surface area contributed by atoms with E-state index in [1.54, 1.807) is 7.11 Å². The summed E-state index contributed by atoms with van der Waals surface area (Å²) in [4.78, 5) is 15.0. The summed E-state index contributed by atoms with van der Waals surface area (Å²) in [7, 11) is 1.65. The third-order valence-electron chi connectivity index (χ3n) is 5.32. The molecule has 6 heteroatoms. The number of hydrogen-bond donors (Lipinski definition) is 1. The zero-order valence-corrected chi connectivity index (χ0v) is 17.8. The molecule has 4 nitrogen and oxygen atoms in total. The van der Waals surface area contributed by atoms with Gasteiger partial charge in [0.25, 0.3) is 0 Å². The standard InChI is InChI=1S/C22H26Cl2N2O2/c1-15(17-4-6-19(28-2)7-5-17)25-22(27)18-9-11-26(12-10-18)14-16-3-8-20(23)21(24)13-16/h3-8,13,15,18H,9-12,14H2,1-2H3,(H,25,27)/t15-/m1/s1. The largest absolute Gasteiger partial charge is 0.497 e. The second kappa shape index (κ2) is 9.64. The van der Waals surface area contributed by atoms with Gasteiger partial charge in [-0.05, 0) is 68.2 Å². The molecule has 0 saturated carbocycles. The molecule has 1 amide bonds. The lowest BCUT2D eigenvalue weighted by Gasteiger charge is -2.32. The Labute approximate surface area is 176 Å². The molecule has 0 aromatic heterocycles. The molecule has 2 aromatic rings. The van der Waals surface area contributed by atoms with Crippen LogP contribution in [0.25, 0.3) is 0 Å². The zero-order chi connectivity index (χ0) is 20.1. The van der Waals surface area contributed by atoms with Crippen LogP contribution in [0.15, 0.2) is 42.5 Å². The number of nitrogens with zero attached hydrogens (tertiary/aromatic N) is 1. The molecule has 28 heavy (non-hydrogen) atoms. The number of benzene rings is 2. The summed E-state index contributed by atoms with van der Waals surface area (Å²) in [6, 6.07) is 13.5. The number of carbonyl (C=O) groups is 1. The molecule has 1 saturated heterocycles. The number of rotatable bonds is 6. The van der Waals surface area contributed by atoms with Gasteiger partial charge in [0, 0.05) is 12.5 Å². The maximum absolute atomic E-state index is 12.7. The number of amides is 1. The highest BCUT2D eigenvalue weighted by molar-refractivity contribution is 6.42. The molecule has 1 aliphatic rings. The van der Waals surface area contributed by atoms with Crippen molar-refractivity contribution in [3.8, 4) is 5.75 Å². The molecule has 0 aliphatic carbocycles. The van der Waals surface area contributed by atoms with E-state index in [1.807, 2.05) is 49.4 Å². The van der Waals surface area contributed by atoms with E-state index in [0.29, 0.717) is 10.0 Å². The van der Waals surface area contributed by atoms with E-state index in [9.17, 15) is 4.79 Å². The van der Waals surface area contributed by atoms with Gasteiger partial charge in [-0.3, -0.25) is 9.69 Å². The Morgan fingerprint density at radius 2 is 1.82 bits per heavy atom. The lowest BCUT2D eigenvalue weighted by atomic mass is 9.95. The highest BCUT2D eigenvalue weighted by Gasteiger charge is 2.26. The molecule has 3 rings (SSSR count). The van der Waals surface area contributed by atoms with Crippen molar-refractivity contribution in [2.75, 3.05) is 20.2 Å². The summed E-state index contributed by atoms with van der Waals surface area (Å²) >= 11 is 12.1. The Bertz CT molecular complexity index is 803. The van der Waals surface area contributed by atoms with Gasteiger partial charge in [0.1, 0.15) is 5.75 Å². The number of piperidine rings is 1. The minimum absolute atomic E-state index is 0.0207. The van der Waals surface area contributed by atoms with E-state index in [2.05, 4.69) is 10.2 Å². The Hall–Kier alpha value is -1.75. The Morgan fingerprint density at radius 1 is 1.14 bits per heavy atom. The lowest BCUT2D eigenvalue weighted by molar-refractivity contribution is -0.127. The van der Waals surface area contributed by atoms with E-state index in [4.69, 9.17) is 27.9 Å². The number of methoxy groups -OCH3 is 1. The van der Waals surface area contributed by atoms with Crippen LogP contribution in [0.3, 0.4) is 0 Å². The summed E-state index contributed by atoms with van der Waals surface area (Å²) < 4.78 is 5.18. The first-order valence-corrected chi connectivity index (χ1v) is 10.3. The van der Waals surface area contributed by atoms with Gasteiger partial charge in [-0.2, -0.15) is 0 Å². The van der Waals surface area contributed by atoms with E-state index in [0.717, 1.165) is 49.4 Å². The van der Waals surface area contributed by atoms with Crippen LogP contribution in [0.4, 0.5) is 0 Å². The van der Waals surface area contributed by atoms with Crippen LogP contribution in [0.5, 0.6) is 5.75 Å². The Balaban J connectivity index is 1.48. The second-order valence-electron chi connectivity index (χ2n) is 7.30. The monoisotopic (exact) mass is 420 g/mol. The first-order valence-electron chi connectivity index (χ1n) is 9.57. The minimum Gasteiger partial charge on any atom is -0.497 e. The molecule has 0 spiro atoms. The van der Waals surface area contributed by atoms with Crippen molar-refractivity contribution in [1.29, 1.82) is 0 Å². The van der Waals surface area contributed by atoms with Crippen molar-refractivity contribution >= 4 is 29.1 Å². The fourth-order valence-electron chi connectivity index (χ4n) is 3.56. The predicted molar refractivity (Wildman–Crippen MR) is 114 cm³/mol. The normalized spacial score (nSPS) is 16.6. The van der Waals surface area contributed by atoms with E-state index in [-0.39, 0.29) is 17.9 Å². The SMILES string of the molecule is COc1ccc([C@@H](C)NC(=O)C2CCN(Cc3ccc(Cl)c(Cl)c3)CC2)cc1. The van der Waals surface area contributed by atoms with Crippen LogP contribution in [0.2, 0.25) is 10.0 Å². The van der Waals surface area contributed by atoms with Gasteiger partial charge in [-0.25, -0.2) is 0 Å². The summed E-state index contributed by atoms with van der Waals surface area (Å²) in [6.45, 7) is 4.64. The van der Waals surface area contributed by atoms with Crippen LogP contribution in [0.1, 0.15) is 36.9 Å². The highest BCUT2D eigenvalue weighted by Crippen LogP contribution is 2.25. The van der Waals surface area contributed by atoms with Crippen LogP contribution >= 0.6 is 23.2 Å². The van der Waals surface area contributed by atoms with Crippen molar-refractivity contribution in [2.24, 2.45) is 5.92 Å². The third-order valence-corrected chi connectivity index (χ3v) is 6.06. The lowest BCUT2D eigenvalue weighted by Crippen LogP contribution is -2.40. The molecule has 0 bridgehead atoms. The van der Waals surface area contributed by atoms with E-state index < -0.39 is 0 Å².